The van der Waals surface area contributed by atoms with Crippen LogP contribution in [0.3, 0.4) is 0 Å². The molecule has 1 aromatic rings. The summed E-state index contributed by atoms with van der Waals surface area (Å²) >= 11 is 3.60. The molecule has 1 rings (SSSR count). The topological polar surface area (TPSA) is 42.3 Å². The maximum absolute atomic E-state index is 5.58. The van der Waals surface area contributed by atoms with Gasteiger partial charge in [-0.3, -0.25) is 4.68 Å². The fourth-order valence-corrected chi connectivity index (χ4v) is 2.73. The number of ether oxygens (including phenoxy) is 1. The molecule has 1 N–H and O–H groups in total. The number of hydrogen-bond donors (Lipinski definition) is 1. The van der Waals surface area contributed by atoms with E-state index in [1.165, 1.54) is 0 Å². The second-order valence-electron chi connectivity index (χ2n) is 4.85. The number of aromatic nitrogens is 2. The van der Waals surface area contributed by atoms with Gasteiger partial charge in [-0.2, -0.15) is 5.10 Å². The molecule has 0 spiro atoms. The highest BCUT2D eigenvalue weighted by atomic mass is 79.9. The molecule has 0 aromatic carbocycles. The monoisotopic (exact) mass is 332 g/mol. The molecule has 2 atom stereocenters. The van der Waals surface area contributed by atoms with E-state index in [-0.39, 0.29) is 12.1 Å². The van der Waals surface area contributed by atoms with Gasteiger partial charge in [0.1, 0.15) is 0 Å². The van der Waals surface area contributed by atoms with Gasteiger partial charge in [0.05, 0.1) is 35.1 Å². The molecule has 110 valence electrons. The molecule has 2 unspecified atom stereocenters. The van der Waals surface area contributed by atoms with Crippen LogP contribution in [0.4, 0.5) is 0 Å². The molecule has 1 heterocycles. The van der Waals surface area contributed by atoms with Gasteiger partial charge in [0.2, 0.25) is 0 Å². The van der Waals surface area contributed by atoms with E-state index >= 15 is 0 Å². The first-order chi connectivity index (χ1) is 9.04. The van der Waals surface area contributed by atoms with Crippen LogP contribution in [-0.2, 0) is 11.3 Å². The molecule has 6 heteroatoms. The van der Waals surface area contributed by atoms with Crippen molar-refractivity contribution in [1.82, 2.24) is 20.0 Å². The minimum Gasteiger partial charge on any atom is -0.379 e. The zero-order valence-corrected chi connectivity index (χ0v) is 14.1. The predicted octanol–water partition coefficient (Wildman–Crippen LogP) is 1.89. The highest BCUT2D eigenvalue weighted by molar-refractivity contribution is 9.10. The summed E-state index contributed by atoms with van der Waals surface area (Å²) in [5.74, 6) is 0. The molecule has 0 radical (unpaired) electrons. The van der Waals surface area contributed by atoms with E-state index in [0.29, 0.717) is 0 Å². The summed E-state index contributed by atoms with van der Waals surface area (Å²) in [7, 11) is 7.85. The lowest BCUT2D eigenvalue weighted by molar-refractivity contribution is 0.0643. The Morgan fingerprint density at radius 1 is 1.53 bits per heavy atom. The average Bonchev–Trinajstić information content (AvgIpc) is 2.74. The Hall–Kier alpha value is -0.430. The van der Waals surface area contributed by atoms with Gasteiger partial charge in [-0.25, -0.2) is 0 Å². The van der Waals surface area contributed by atoms with E-state index < -0.39 is 0 Å². The van der Waals surface area contributed by atoms with Crippen molar-refractivity contribution in [2.24, 2.45) is 0 Å². The van der Waals surface area contributed by atoms with Crippen LogP contribution in [0.5, 0.6) is 0 Å². The van der Waals surface area contributed by atoms with Crippen molar-refractivity contribution in [2.75, 3.05) is 34.8 Å². The van der Waals surface area contributed by atoms with Crippen molar-refractivity contribution in [1.29, 1.82) is 0 Å². The lowest BCUT2D eigenvalue weighted by Crippen LogP contribution is -2.33. The molecule has 1 aromatic heterocycles. The Balaban J connectivity index is 2.98. The molecule has 0 aliphatic rings. The highest BCUT2D eigenvalue weighted by Crippen LogP contribution is 2.27. The van der Waals surface area contributed by atoms with E-state index in [9.17, 15) is 0 Å². The highest BCUT2D eigenvalue weighted by Gasteiger charge is 2.26. The van der Waals surface area contributed by atoms with Gasteiger partial charge in [-0.15, -0.1) is 0 Å². The molecule has 19 heavy (non-hydrogen) atoms. The normalized spacial score (nSPS) is 14.9. The third kappa shape index (κ3) is 4.27. The van der Waals surface area contributed by atoms with Gasteiger partial charge < -0.3 is 15.0 Å². The Kier molecular flexibility index (Phi) is 6.99. The molecular weight excluding hydrogens is 308 g/mol. The van der Waals surface area contributed by atoms with Crippen LogP contribution in [0.2, 0.25) is 0 Å². The van der Waals surface area contributed by atoms with Crippen molar-refractivity contribution >= 4 is 15.9 Å². The minimum atomic E-state index is 0.133. The minimum absolute atomic E-state index is 0.133. The number of methoxy groups -OCH3 is 1. The van der Waals surface area contributed by atoms with E-state index in [4.69, 9.17) is 4.74 Å². The molecule has 0 bridgehead atoms. The van der Waals surface area contributed by atoms with Crippen LogP contribution < -0.4 is 5.32 Å². The van der Waals surface area contributed by atoms with Gasteiger partial charge in [0, 0.05) is 13.7 Å². The van der Waals surface area contributed by atoms with Crippen LogP contribution in [0.15, 0.2) is 10.7 Å². The Labute approximate surface area is 124 Å². The summed E-state index contributed by atoms with van der Waals surface area (Å²) in [4.78, 5) is 2.15. The smallest absolute Gasteiger partial charge is 0.0778 e. The zero-order valence-electron chi connectivity index (χ0n) is 12.5. The summed E-state index contributed by atoms with van der Waals surface area (Å²) in [6.45, 7) is 3.96. The lowest BCUT2D eigenvalue weighted by Gasteiger charge is -2.26. The average molecular weight is 333 g/mol. The first-order valence-electron chi connectivity index (χ1n) is 6.61. The van der Waals surface area contributed by atoms with Gasteiger partial charge in [-0.05, 0) is 43.5 Å². The molecule has 0 aliphatic carbocycles. The fraction of sp³-hybridized carbons (Fsp3) is 0.769. The Bertz CT molecular complexity index is 377. The quantitative estimate of drug-likeness (QED) is 0.789. The van der Waals surface area contributed by atoms with E-state index in [2.05, 4.69) is 52.3 Å². The number of halogens is 1. The molecule has 0 aliphatic heterocycles. The summed E-state index contributed by atoms with van der Waals surface area (Å²) in [6.07, 6.45) is 2.95. The maximum Gasteiger partial charge on any atom is 0.0778 e. The van der Waals surface area contributed by atoms with Crippen LogP contribution in [-0.4, -0.2) is 55.6 Å². The van der Waals surface area contributed by atoms with E-state index in [1.54, 1.807) is 7.11 Å². The van der Waals surface area contributed by atoms with Crippen LogP contribution in [0, 0.1) is 0 Å². The molecule has 0 amide bonds. The Morgan fingerprint density at radius 2 is 2.21 bits per heavy atom. The van der Waals surface area contributed by atoms with Gasteiger partial charge in [-0.1, -0.05) is 6.92 Å². The number of rotatable bonds is 8. The van der Waals surface area contributed by atoms with Crippen molar-refractivity contribution in [3.8, 4) is 0 Å². The van der Waals surface area contributed by atoms with E-state index in [1.807, 2.05) is 17.9 Å². The van der Waals surface area contributed by atoms with Crippen molar-refractivity contribution < 1.29 is 4.74 Å². The van der Waals surface area contributed by atoms with Crippen LogP contribution in [0.25, 0.3) is 0 Å². The molecule has 0 fully saturated rings. The number of hydrogen-bond acceptors (Lipinski definition) is 4. The van der Waals surface area contributed by atoms with Crippen LogP contribution in [0.1, 0.15) is 25.1 Å². The fourth-order valence-electron chi connectivity index (χ4n) is 2.19. The Morgan fingerprint density at radius 3 is 2.68 bits per heavy atom. The van der Waals surface area contributed by atoms with Crippen molar-refractivity contribution in [3.63, 3.8) is 0 Å². The third-order valence-electron chi connectivity index (χ3n) is 3.27. The number of nitrogens with zero attached hydrogens (tertiary/aromatic N) is 3. The molecule has 0 saturated carbocycles. The number of nitrogens with one attached hydrogen (secondary N) is 1. The standard InChI is InChI=1S/C13H25BrN4O/c1-6-11(19-5)12(15-2)13-10(14)9-16-18(13)8-7-17(3)4/h9,11-12,15H,6-8H2,1-5H3. The summed E-state index contributed by atoms with van der Waals surface area (Å²) < 4.78 is 8.65. The first kappa shape index (κ1) is 16.6. The largest absolute Gasteiger partial charge is 0.379 e. The second kappa shape index (κ2) is 7.99. The van der Waals surface area contributed by atoms with Gasteiger partial charge in [0.15, 0.2) is 0 Å². The SMILES string of the molecule is CCC(OC)C(NC)c1c(Br)cnn1CCN(C)C. The number of likely N-dealkylation sites (N-methyl/N-ethyl adjacent to an activating group) is 2. The predicted molar refractivity (Wildman–Crippen MR) is 81.4 cm³/mol. The van der Waals surface area contributed by atoms with Gasteiger partial charge in [0.25, 0.3) is 0 Å². The zero-order chi connectivity index (χ0) is 14.4. The van der Waals surface area contributed by atoms with Crippen molar-refractivity contribution in [2.45, 2.75) is 32.0 Å². The molecular formula is C13H25BrN4O. The molecule has 5 nitrogen and oxygen atoms in total. The first-order valence-corrected chi connectivity index (χ1v) is 7.40. The molecule has 0 saturated heterocycles. The second-order valence-corrected chi connectivity index (χ2v) is 5.71. The van der Waals surface area contributed by atoms with E-state index in [0.717, 1.165) is 29.7 Å². The third-order valence-corrected chi connectivity index (χ3v) is 3.89. The lowest BCUT2D eigenvalue weighted by atomic mass is 10.1. The van der Waals surface area contributed by atoms with Gasteiger partial charge >= 0.3 is 0 Å². The maximum atomic E-state index is 5.58. The van der Waals surface area contributed by atoms with Crippen molar-refractivity contribution in [3.05, 3.63) is 16.4 Å². The summed E-state index contributed by atoms with van der Waals surface area (Å²) in [5.41, 5.74) is 1.15. The summed E-state index contributed by atoms with van der Waals surface area (Å²) in [5, 5.41) is 7.80. The summed E-state index contributed by atoms with van der Waals surface area (Å²) in [6, 6.07) is 0.133. The van der Waals surface area contributed by atoms with Crippen LogP contribution >= 0.6 is 15.9 Å².